The highest BCUT2D eigenvalue weighted by Crippen LogP contribution is 2.62. The Morgan fingerprint density at radius 3 is 2.53 bits per heavy atom. The molecular formula is C22H34N2O5S. The van der Waals surface area contributed by atoms with Gasteiger partial charge in [-0.15, -0.1) is 11.3 Å². The molecule has 1 saturated carbocycles. The third kappa shape index (κ3) is 4.14. The monoisotopic (exact) mass is 438 g/mol. The van der Waals surface area contributed by atoms with E-state index in [4.69, 9.17) is 0 Å². The first-order chi connectivity index (χ1) is 13.8. The van der Waals surface area contributed by atoms with Gasteiger partial charge < -0.3 is 20.6 Å². The summed E-state index contributed by atoms with van der Waals surface area (Å²) in [6.45, 7) is 9.80. The fourth-order valence-corrected chi connectivity index (χ4v) is 6.60. The molecule has 0 radical (unpaired) electrons. The van der Waals surface area contributed by atoms with Crippen molar-refractivity contribution in [1.82, 2.24) is 4.98 Å². The Bertz CT molecular complexity index is 832. The van der Waals surface area contributed by atoms with Crippen LogP contribution in [0.3, 0.4) is 0 Å². The van der Waals surface area contributed by atoms with Crippen molar-refractivity contribution in [2.24, 2.45) is 22.2 Å². The quantitative estimate of drug-likeness (QED) is 0.559. The van der Waals surface area contributed by atoms with Crippen LogP contribution in [-0.4, -0.2) is 44.9 Å². The van der Waals surface area contributed by atoms with Gasteiger partial charge >= 0.3 is 5.97 Å². The van der Waals surface area contributed by atoms with Crippen LogP contribution in [-0.2, 0) is 16.0 Å². The van der Waals surface area contributed by atoms with E-state index in [0.717, 1.165) is 10.6 Å². The van der Waals surface area contributed by atoms with Crippen molar-refractivity contribution in [3.63, 3.8) is 0 Å². The van der Waals surface area contributed by atoms with Crippen LogP contribution in [0.2, 0.25) is 0 Å². The zero-order chi connectivity index (χ0) is 22.5. The van der Waals surface area contributed by atoms with Crippen molar-refractivity contribution in [3.8, 4) is 0 Å². The highest BCUT2D eigenvalue weighted by Gasteiger charge is 2.59. The van der Waals surface area contributed by atoms with Crippen LogP contribution in [0, 0.1) is 22.2 Å². The van der Waals surface area contributed by atoms with Crippen LogP contribution < -0.4 is 5.32 Å². The van der Waals surface area contributed by atoms with Crippen LogP contribution in [0.4, 0.5) is 5.13 Å². The van der Waals surface area contributed by atoms with Crippen LogP contribution in [0.25, 0.3) is 0 Å². The summed E-state index contributed by atoms with van der Waals surface area (Å²) < 4.78 is 0. The van der Waals surface area contributed by atoms with Crippen molar-refractivity contribution < 1.29 is 24.9 Å². The average molecular weight is 439 g/mol. The number of aliphatic carboxylic acids is 1. The maximum atomic E-state index is 12.4. The van der Waals surface area contributed by atoms with Crippen LogP contribution in [0.1, 0.15) is 76.8 Å². The van der Waals surface area contributed by atoms with Crippen molar-refractivity contribution in [1.29, 1.82) is 0 Å². The first-order valence-electron chi connectivity index (χ1n) is 10.6. The lowest BCUT2D eigenvalue weighted by atomic mass is 9.47. The third-order valence-electron chi connectivity index (χ3n) is 7.21. The fourth-order valence-electron chi connectivity index (χ4n) is 5.52. The summed E-state index contributed by atoms with van der Waals surface area (Å²) in [6.07, 6.45) is 1.49. The van der Waals surface area contributed by atoms with E-state index >= 15 is 0 Å². The average Bonchev–Trinajstić information content (AvgIpc) is 3.00. The van der Waals surface area contributed by atoms with Gasteiger partial charge in [0.25, 0.3) is 0 Å². The molecule has 5 unspecified atom stereocenters. The SMILES string of the molecule is CC(C)(C)CC(=O)Nc1nc2c(s1)CC1C(C)(CO)C(O)CCC1(C)C2CC(=O)O. The van der Waals surface area contributed by atoms with E-state index in [-0.39, 0.29) is 36.2 Å². The number of carbonyl (C=O) groups excluding carboxylic acids is 1. The second-order valence-corrected chi connectivity index (χ2v) is 11.8. The number of carboxylic acids is 1. The Hall–Kier alpha value is -1.51. The summed E-state index contributed by atoms with van der Waals surface area (Å²) in [5, 5.41) is 33.9. The number of aliphatic hydroxyl groups is 2. The molecule has 1 aromatic heterocycles. The Labute approximate surface area is 181 Å². The van der Waals surface area contributed by atoms with Crippen LogP contribution in [0.5, 0.6) is 0 Å². The number of hydrogen-bond acceptors (Lipinski definition) is 6. The zero-order valence-corrected chi connectivity index (χ0v) is 19.3. The molecular weight excluding hydrogens is 404 g/mol. The van der Waals surface area contributed by atoms with Crippen molar-refractivity contribution in [3.05, 3.63) is 10.6 Å². The Morgan fingerprint density at radius 1 is 1.30 bits per heavy atom. The number of aromatic nitrogens is 1. The van der Waals surface area contributed by atoms with Gasteiger partial charge in [-0.1, -0.05) is 34.6 Å². The molecule has 2 aliphatic rings. The molecule has 0 bridgehead atoms. The highest BCUT2D eigenvalue weighted by molar-refractivity contribution is 7.15. The summed E-state index contributed by atoms with van der Waals surface area (Å²) in [5.74, 6) is -1.40. The number of hydrogen-bond donors (Lipinski definition) is 4. The highest BCUT2D eigenvalue weighted by atomic mass is 32.1. The topological polar surface area (TPSA) is 120 Å². The first-order valence-corrected chi connectivity index (χ1v) is 11.4. The van der Waals surface area contributed by atoms with Crippen molar-refractivity contribution >= 4 is 28.3 Å². The van der Waals surface area contributed by atoms with Gasteiger partial charge in [0.05, 0.1) is 24.8 Å². The van der Waals surface area contributed by atoms with Crippen LogP contribution >= 0.6 is 11.3 Å². The Kier molecular flexibility index (Phi) is 6.08. The molecule has 4 N–H and O–H groups in total. The van der Waals surface area contributed by atoms with Crippen LogP contribution in [0.15, 0.2) is 0 Å². The maximum absolute atomic E-state index is 12.4. The van der Waals surface area contributed by atoms with Crippen molar-refractivity contribution in [2.75, 3.05) is 11.9 Å². The number of aliphatic hydroxyl groups excluding tert-OH is 2. The Morgan fingerprint density at radius 2 is 1.97 bits per heavy atom. The summed E-state index contributed by atoms with van der Waals surface area (Å²) in [6, 6.07) is 0. The number of nitrogens with one attached hydrogen (secondary N) is 1. The zero-order valence-electron chi connectivity index (χ0n) is 18.5. The van der Waals surface area contributed by atoms with Gasteiger partial charge in [-0.05, 0) is 36.0 Å². The molecule has 0 saturated heterocycles. The second kappa shape index (κ2) is 7.88. The minimum absolute atomic E-state index is 0.0588. The summed E-state index contributed by atoms with van der Waals surface area (Å²) in [4.78, 5) is 29.8. The molecule has 0 aromatic carbocycles. The minimum atomic E-state index is -0.893. The molecule has 8 heteroatoms. The lowest BCUT2D eigenvalue weighted by Crippen LogP contribution is -2.57. The molecule has 7 nitrogen and oxygen atoms in total. The smallest absolute Gasteiger partial charge is 0.304 e. The van der Waals surface area contributed by atoms with Gasteiger partial charge in [0, 0.05) is 22.6 Å². The number of fused-ring (bicyclic) bond motifs is 2. The Balaban J connectivity index is 2.00. The molecule has 0 spiro atoms. The summed E-state index contributed by atoms with van der Waals surface area (Å²) in [7, 11) is 0. The number of rotatable bonds is 5. The molecule has 1 fully saturated rings. The van der Waals surface area contributed by atoms with E-state index in [1.807, 2.05) is 27.7 Å². The molecule has 30 heavy (non-hydrogen) atoms. The number of nitrogens with zero attached hydrogens (tertiary/aromatic N) is 1. The maximum Gasteiger partial charge on any atom is 0.304 e. The van der Waals surface area contributed by atoms with Gasteiger partial charge in [-0.3, -0.25) is 9.59 Å². The number of anilines is 1. The first kappa shape index (κ1) is 23.2. The standard InChI is InChI=1S/C22H34N2O5S/c1-20(2,3)10-16(27)23-19-24-18-12(8-17(28)29)21(4)7-6-15(26)22(5,11-25)14(21)9-13(18)30-19/h12,14-15,25-26H,6-11H2,1-5H3,(H,28,29)(H,23,24,27). The summed E-state index contributed by atoms with van der Waals surface area (Å²) in [5.41, 5.74) is -0.498. The predicted octanol–water partition coefficient (Wildman–Crippen LogP) is 3.41. The molecule has 0 aliphatic heterocycles. The van der Waals surface area contributed by atoms with E-state index < -0.39 is 22.9 Å². The number of carbonyl (C=O) groups is 2. The second-order valence-electron chi connectivity index (χ2n) is 10.7. The molecule has 1 amide bonds. The molecule has 168 valence electrons. The van der Waals surface area contributed by atoms with E-state index in [9.17, 15) is 24.9 Å². The molecule has 3 rings (SSSR count). The molecule has 5 atom stereocenters. The lowest BCUT2D eigenvalue weighted by molar-refractivity contribution is -0.150. The number of thiazole rings is 1. The van der Waals surface area contributed by atoms with Gasteiger partial charge in [0.2, 0.25) is 5.91 Å². The normalized spacial score (nSPS) is 33.5. The molecule has 1 aromatic rings. The van der Waals surface area contributed by atoms with Gasteiger partial charge in [0.15, 0.2) is 5.13 Å². The third-order valence-corrected chi connectivity index (χ3v) is 8.22. The van der Waals surface area contributed by atoms with E-state index in [2.05, 4.69) is 17.2 Å². The number of carboxylic acid groups (broad SMARTS) is 1. The number of amides is 1. The van der Waals surface area contributed by atoms with Crippen molar-refractivity contribution in [2.45, 2.75) is 78.7 Å². The largest absolute Gasteiger partial charge is 0.481 e. The van der Waals surface area contributed by atoms with E-state index in [0.29, 0.717) is 30.8 Å². The fraction of sp³-hybridized carbons (Fsp3) is 0.773. The van der Waals surface area contributed by atoms with Gasteiger partial charge in [-0.25, -0.2) is 4.98 Å². The van der Waals surface area contributed by atoms with Gasteiger partial charge in [-0.2, -0.15) is 0 Å². The van der Waals surface area contributed by atoms with Gasteiger partial charge in [0.1, 0.15) is 0 Å². The lowest BCUT2D eigenvalue weighted by Gasteiger charge is -2.58. The minimum Gasteiger partial charge on any atom is -0.481 e. The molecule has 1 heterocycles. The summed E-state index contributed by atoms with van der Waals surface area (Å²) >= 11 is 1.39. The predicted molar refractivity (Wildman–Crippen MR) is 116 cm³/mol. The van der Waals surface area contributed by atoms with E-state index in [1.165, 1.54) is 11.3 Å². The van der Waals surface area contributed by atoms with E-state index in [1.54, 1.807) is 0 Å². The molecule has 2 aliphatic carbocycles.